The molecule has 0 aromatic heterocycles. The highest BCUT2D eigenvalue weighted by molar-refractivity contribution is 6.41. The lowest BCUT2D eigenvalue weighted by atomic mass is 9.98. The molecule has 0 saturated carbocycles. The van der Waals surface area contributed by atoms with Gasteiger partial charge in [-0.1, -0.05) is 50.2 Å². The van der Waals surface area contributed by atoms with Gasteiger partial charge >= 0.3 is 5.97 Å². The largest absolute Gasteiger partial charge is 0.488 e. The van der Waals surface area contributed by atoms with E-state index >= 15 is 0 Å². The molecule has 2 aromatic carbocycles. The summed E-state index contributed by atoms with van der Waals surface area (Å²) in [6, 6.07) is 15.0. The van der Waals surface area contributed by atoms with Gasteiger partial charge in [-0.2, -0.15) is 0 Å². The molecular formula is C20H22O4. The van der Waals surface area contributed by atoms with Crippen molar-refractivity contribution in [3.05, 3.63) is 65.2 Å². The lowest BCUT2D eigenvalue weighted by Crippen LogP contribution is -2.19. The van der Waals surface area contributed by atoms with Gasteiger partial charge in [-0.25, -0.2) is 4.79 Å². The number of Topliss-reactive ketones (excluding diaryl/α,β-unsaturated/α-hetero) is 1. The standard InChI is InChI=1S/C20H22O4/c1-4-23-20(22)19(21)17-12-16(14(2)3)10-11-18(17)24-13-15-8-6-5-7-9-15/h5-12,14H,4,13H2,1-3H3. The Labute approximate surface area is 142 Å². The zero-order valence-corrected chi connectivity index (χ0v) is 14.2. The molecule has 0 heterocycles. The Balaban J connectivity index is 2.28. The fourth-order valence-corrected chi connectivity index (χ4v) is 2.25. The van der Waals surface area contributed by atoms with Gasteiger partial charge in [0.05, 0.1) is 12.2 Å². The number of esters is 1. The molecule has 0 atom stereocenters. The molecule has 0 aliphatic rings. The fourth-order valence-electron chi connectivity index (χ4n) is 2.25. The van der Waals surface area contributed by atoms with Gasteiger partial charge in [0.1, 0.15) is 12.4 Å². The van der Waals surface area contributed by atoms with Crippen molar-refractivity contribution in [3.8, 4) is 5.75 Å². The van der Waals surface area contributed by atoms with E-state index < -0.39 is 11.8 Å². The molecule has 0 fully saturated rings. The highest BCUT2D eigenvalue weighted by Crippen LogP contribution is 2.26. The molecule has 2 rings (SSSR count). The second kappa shape index (κ2) is 8.29. The Bertz CT molecular complexity index is 705. The first-order valence-electron chi connectivity index (χ1n) is 8.05. The van der Waals surface area contributed by atoms with E-state index in [0.717, 1.165) is 11.1 Å². The van der Waals surface area contributed by atoms with Crippen molar-refractivity contribution in [2.75, 3.05) is 6.61 Å². The zero-order valence-electron chi connectivity index (χ0n) is 14.2. The van der Waals surface area contributed by atoms with Crippen LogP contribution >= 0.6 is 0 Å². The van der Waals surface area contributed by atoms with Crippen LogP contribution in [0.15, 0.2) is 48.5 Å². The Hall–Kier alpha value is -2.62. The van der Waals surface area contributed by atoms with E-state index in [-0.39, 0.29) is 18.1 Å². The summed E-state index contributed by atoms with van der Waals surface area (Å²) in [6.45, 7) is 6.21. The van der Waals surface area contributed by atoms with Crippen LogP contribution in [-0.2, 0) is 16.1 Å². The number of carbonyl (C=O) groups excluding carboxylic acids is 2. The summed E-state index contributed by atoms with van der Waals surface area (Å²) in [7, 11) is 0. The summed E-state index contributed by atoms with van der Waals surface area (Å²) in [4.78, 5) is 24.2. The highest BCUT2D eigenvalue weighted by atomic mass is 16.5. The Kier molecular flexibility index (Phi) is 6.13. The predicted molar refractivity (Wildman–Crippen MR) is 92.3 cm³/mol. The monoisotopic (exact) mass is 326 g/mol. The average Bonchev–Trinajstić information content (AvgIpc) is 2.60. The van der Waals surface area contributed by atoms with Crippen molar-refractivity contribution in [1.82, 2.24) is 0 Å². The van der Waals surface area contributed by atoms with Crippen molar-refractivity contribution < 1.29 is 19.1 Å². The van der Waals surface area contributed by atoms with Crippen LogP contribution in [0.5, 0.6) is 5.75 Å². The fraction of sp³-hybridized carbons (Fsp3) is 0.300. The van der Waals surface area contributed by atoms with Gasteiger partial charge in [-0.15, -0.1) is 0 Å². The second-order valence-electron chi connectivity index (χ2n) is 5.73. The Morgan fingerprint density at radius 3 is 2.38 bits per heavy atom. The molecule has 0 spiro atoms. The number of rotatable bonds is 7. The highest BCUT2D eigenvalue weighted by Gasteiger charge is 2.22. The topological polar surface area (TPSA) is 52.6 Å². The molecule has 0 bridgehead atoms. The summed E-state index contributed by atoms with van der Waals surface area (Å²) in [5.74, 6) is -0.909. The van der Waals surface area contributed by atoms with Gasteiger partial charge < -0.3 is 9.47 Å². The van der Waals surface area contributed by atoms with Crippen LogP contribution in [0.25, 0.3) is 0 Å². The third-order valence-electron chi connectivity index (χ3n) is 3.61. The van der Waals surface area contributed by atoms with Crippen LogP contribution in [-0.4, -0.2) is 18.4 Å². The van der Waals surface area contributed by atoms with Gasteiger partial charge in [-0.05, 0) is 36.1 Å². The average molecular weight is 326 g/mol. The number of carbonyl (C=O) groups is 2. The van der Waals surface area contributed by atoms with Crippen LogP contribution in [0.2, 0.25) is 0 Å². The molecule has 0 N–H and O–H groups in total. The van der Waals surface area contributed by atoms with Crippen molar-refractivity contribution in [2.24, 2.45) is 0 Å². The number of hydrogen-bond donors (Lipinski definition) is 0. The minimum absolute atomic E-state index is 0.161. The number of benzene rings is 2. The van der Waals surface area contributed by atoms with E-state index in [4.69, 9.17) is 9.47 Å². The molecule has 0 unspecified atom stereocenters. The van der Waals surface area contributed by atoms with Crippen LogP contribution in [0.4, 0.5) is 0 Å². The lowest BCUT2D eigenvalue weighted by molar-refractivity contribution is -0.137. The molecule has 24 heavy (non-hydrogen) atoms. The lowest BCUT2D eigenvalue weighted by Gasteiger charge is -2.14. The molecule has 0 amide bonds. The molecule has 0 aliphatic carbocycles. The molecule has 0 radical (unpaired) electrons. The maximum absolute atomic E-state index is 12.4. The summed E-state index contributed by atoms with van der Waals surface area (Å²) in [5.41, 5.74) is 2.20. The Morgan fingerprint density at radius 2 is 1.75 bits per heavy atom. The van der Waals surface area contributed by atoms with Crippen molar-refractivity contribution in [1.29, 1.82) is 0 Å². The van der Waals surface area contributed by atoms with Gasteiger partial charge in [0.15, 0.2) is 0 Å². The second-order valence-corrected chi connectivity index (χ2v) is 5.73. The minimum Gasteiger partial charge on any atom is -0.488 e. The van der Waals surface area contributed by atoms with E-state index in [1.54, 1.807) is 19.1 Å². The molecule has 0 saturated heterocycles. The van der Waals surface area contributed by atoms with Crippen molar-refractivity contribution in [2.45, 2.75) is 33.3 Å². The van der Waals surface area contributed by atoms with Crippen LogP contribution < -0.4 is 4.74 Å². The number of ether oxygens (including phenoxy) is 2. The first-order valence-corrected chi connectivity index (χ1v) is 8.05. The van der Waals surface area contributed by atoms with Gasteiger partial charge in [-0.3, -0.25) is 4.79 Å². The third-order valence-corrected chi connectivity index (χ3v) is 3.61. The van der Waals surface area contributed by atoms with E-state index in [9.17, 15) is 9.59 Å². The van der Waals surface area contributed by atoms with Crippen molar-refractivity contribution >= 4 is 11.8 Å². The molecule has 126 valence electrons. The van der Waals surface area contributed by atoms with E-state index in [1.165, 1.54) is 0 Å². The molecule has 2 aromatic rings. The normalized spacial score (nSPS) is 10.5. The summed E-state index contributed by atoms with van der Waals surface area (Å²) < 4.78 is 10.6. The summed E-state index contributed by atoms with van der Waals surface area (Å²) in [6.07, 6.45) is 0. The number of ketones is 1. The zero-order chi connectivity index (χ0) is 17.5. The first-order chi connectivity index (χ1) is 11.5. The smallest absolute Gasteiger partial charge is 0.379 e. The molecule has 0 aliphatic heterocycles. The minimum atomic E-state index is -0.858. The summed E-state index contributed by atoms with van der Waals surface area (Å²) in [5, 5.41) is 0. The van der Waals surface area contributed by atoms with E-state index in [0.29, 0.717) is 12.4 Å². The summed E-state index contributed by atoms with van der Waals surface area (Å²) >= 11 is 0. The molecule has 4 heteroatoms. The number of hydrogen-bond acceptors (Lipinski definition) is 4. The third kappa shape index (κ3) is 4.44. The van der Waals surface area contributed by atoms with Crippen LogP contribution in [0.3, 0.4) is 0 Å². The van der Waals surface area contributed by atoms with Crippen LogP contribution in [0, 0.1) is 0 Å². The van der Waals surface area contributed by atoms with Crippen molar-refractivity contribution in [3.63, 3.8) is 0 Å². The molecular weight excluding hydrogens is 304 g/mol. The predicted octanol–water partition coefficient (Wildman–Crippen LogP) is 4.13. The Morgan fingerprint density at radius 1 is 1.04 bits per heavy atom. The van der Waals surface area contributed by atoms with E-state index in [2.05, 4.69) is 0 Å². The van der Waals surface area contributed by atoms with E-state index in [1.807, 2.05) is 50.2 Å². The quantitative estimate of drug-likeness (QED) is 0.436. The van der Waals surface area contributed by atoms with Gasteiger partial charge in [0.25, 0.3) is 5.78 Å². The SMILES string of the molecule is CCOC(=O)C(=O)c1cc(C(C)C)ccc1OCc1ccccc1. The first kappa shape index (κ1) is 17.7. The van der Waals surface area contributed by atoms with Gasteiger partial charge in [0.2, 0.25) is 0 Å². The van der Waals surface area contributed by atoms with Crippen LogP contribution in [0.1, 0.15) is 48.2 Å². The maximum atomic E-state index is 12.4. The van der Waals surface area contributed by atoms with Gasteiger partial charge in [0, 0.05) is 0 Å². The molecule has 4 nitrogen and oxygen atoms in total. The maximum Gasteiger partial charge on any atom is 0.379 e.